The zero-order valence-electron chi connectivity index (χ0n) is 18.1. The summed E-state index contributed by atoms with van der Waals surface area (Å²) in [6, 6.07) is 9.88. The predicted octanol–water partition coefficient (Wildman–Crippen LogP) is 4.33. The van der Waals surface area contributed by atoms with E-state index >= 15 is 0 Å². The molecular weight excluding hydrogens is 525 g/mol. The molecule has 2 heterocycles. The molecule has 0 aliphatic carbocycles. The number of guanidine groups is 1. The Bertz CT molecular complexity index is 956. The second-order valence-corrected chi connectivity index (χ2v) is 8.08. The molecule has 3 rings (SSSR count). The van der Waals surface area contributed by atoms with Crippen molar-refractivity contribution < 1.29 is 9.63 Å². The lowest BCUT2D eigenvalue weighted by molar-refractivity contribution is 0.0621. The molecule has 168 valence electrons. The number of aromatic nitrogens is 2. The maximum atomic E-state index is 10.7. The van der Waals surface area contributed by atoms with E-state index in [1.165, 1.54) is 0 Å². The zero-order chi connectivity index (χ0) is 21.4. The Hall–Kier alpha value is -1.98. The number of benzene rings is 1. The van der Waals surface area contributed by atoms with Crippen molar-refractivity contribution >= 4 is 41.3 Å². The van der Waals surface area contributed by atoms with Crippen LogP contribution in [0.1, 0.15) is 44.1 Å². The van der Waals surface area contributed by atoms with Gasteiger partial charge < -0.3 is 20.3 Å². The predicted molar refractivity (Wildman–Crippen MR) is 136 cm³/mol. The van der Waals surface area contributed by atoms with Crippen molar-refractivity contribution in [2.24, 2.45) is 4.99 Å². The standard InChI is InChI=1S/C22H29N5O2S.HI/c1-4-7-19-26-20(29-27-19)17-9-6-8-16(12-17)13-24-21(23-5-2)25-15-22(3,28)18-10-11-30-14-18;/h6,8-12,14,28H,4-5,7,13,15H2,1-3H3,(H2,23,24,25);1H. The molecule has 0 amide bonds. The van der Waals surface area contributed by atoms with Gasteiger partial charge in [0, 0.05) is 18.5 Å². The highest BCUT2D eigenvalue weighted by atomic mass is 127. The van der Waals surface area contributed by atoms with E-state index in [9.17, 15) is 5.11 Å². The minimum absolute atomic E-state index is 0. The lowest BCUT2D eigenvalue weighted by Crippen LogP contribution is -2.44. The van der Waals surface area contributed by atoms with Gasteiger partial charge in [0.2, 0.25) is 0 Å². The maximum absolute atomic E-state index is 10.7. The van der Waals surface area contributed by atoms with Crippen LogP contribution in [-0.4, -0.2) is 34.3 Å². The van der Waals surface area contributed by atoms with E-state index in [1.54, 1.807) is 18.3 Å². The topological polar surface area (TPSA) is 95.6 Å². The van der Waals surface area contributed by atoms with Gasteiger partial charge in [0.25, 0.3) is 5.89 Å². The fourth-order valence-electron chi connectivity index (χ4n) is 2.94. The summed E-state index contributed by atoms with van der Waals surface area (Å²) in [5, 5.41) is 25.1. The fraction of sp³-hybridized carbons (Fsp3) is 0.409. The zero-order valence-corrected chi connectivity index (χ0v) is 21.2. The summed E-state index contributed by atoms with van der Waals surface area (Å²) in [6.07, 6.45) is 1.79. The van der Waals surface area contributed by atoms with Gasteiger partial charge in [0.05, 0.1) is 13.1 Å². The first-order chi connectivity index (χ1) is 14.5. The Balaban J connectivity index is 0.00000341. The molecule has 0 saturated heterocycles. The third-order valence-corrected chi connectivity index (χ3v) is 5.31. The largest absolute Gasteiger partial charge is 0.384 e. The molecule has 0 spiro atoms. The van der Waals surface area contributed by atoms with Gasteiger partial charge in [0.15, 0.2) is 11.8 Å². The summed E-state index contributed by atoms with van der Waals surface area (Å²) in [7, 11) is 0. The molecule has 7 nitrogen and oxygen atoms in total. The molecule has 3 N–H and O–H groups in total. The van der Waals surface area contributed by atoms with Gasteiger partial charge in [-0.2, -0.15) is 16.3 Å². The Kier molecular flexibility index (Phi) is 9.92. The summed E-state index contributed by atoms with van der Waals surface area (Å²) >= 11 is 1.57. The molecule has 0 aliphatic heterocycles. The number of aliphatic imine (C=N–C) groups is 1. The van der Waals surface area contributed by atoms with Gasteiger partial charge in [-0.25, -0.2) is 4.99 Å². The molecule has 9 heteroatoms. The molecule has 0 fully saturated rings. The van der Waals surface area contributed by atoms with Crippen molar-refractivity contribution in [1.82, 2.24) is 20.8 Å². The van der Waals surface area contributed by atoms with Gasteiger partial charge in [-0.15, -0.1) is 24.0 Å². The average molecular weight is 555 g/mol. The van der Waals surface area contributed by atoms with Crippen LogP contribution in [0.25, 0.3) is 11.5 Å². The third-order valence-electron chi connectivity index (χ3n) is 4.62. The van der Waals surface area contributed by atoms with E-state index in [-0.39, 0.29) is 24.0 Å². The number of nitrogens with zero attached hydrogens (tertiary/aromatic N) is 3. The molecule has 0 aliphatic rings. The van der Waals surface area contributed by atoms with Crippen LogP contribution in [0.2, 0.25) is 0 Å². The molecule has 1 unspecified atom stereocenters. The van der Waals surface area contributed by atoms with E-state index < -0.39 is 5.60 Å². The van der Waals surface area contributed by atoms with Crippen molar-refractivity contribution in [3.8, 4) is 11.5 Å². The number of halogens is 1. The van der Waals surface area contributed by atoms with E-state index in [4.69, 9.17) is 4.52 Å². The van der Waals surface area contributed by atoms with Crippen LogP contribution in [0.4, 0.5) is 0 Å². The van der Waals surface area contributed by atoms with E-state index in [0.29, 0.717) is 24.9 Å². The molecule has 1 atom stereocenters. The highest BCUT2D eigenvalue weighted by Crippen LogP contribution is 2.22. The highest BCUT2D eigenvalue weighted by Gasteiger charge is 2.23. The fourth-order valence-corrected chi connectivity index (χ4v) is 3.72. The van der Waals surface area contributed by atoms with Crippen LogP contribution in [0, 0.1) is 0 Å². The molecule has 0 saturated carbocycles. The van der Waals surface area contributed by atoms with Crippen LogP contribution in [0.15, 0.2) is 50.6 Å². The van der Waals surface area contributed by atoms with E-state index in [2.05, 4.69) is 32.7 Å². The average Bonchev–Trinajstić information content (AvgIpc) is 3.43. The summed E-state index contributed by atoms with van der Waals surface area (Å²) < 4.78 is 5.39. The summed E-state index contributed by atoms with van der Waals surface area (Å²) in [6.45, 7) is 7.47. The Morgan fingerprint density at radius 2 is 2.10 bits per heavy atom. The van der Waals surface area contributed by atoms with Crippen molar-refractivity contribution in [3.63, 3.8) is 0 Å². The first kappa shape index (κ1) is 25.3. The molecule has 0 bridgehead atoms. The Morgan fingerprint density at radius 3 is 2.81 bits per heavy atom. The van der Waals surface area contributed by atoms with Gasteiger partial charge in [-0.1, -0.05) is 24.2 Å². The first-order valence-corrected chi connectivity index (χ1v) is 11.1. The minimum atomic E-state index is -0.968. The number of rotatable bonds is 9. The molecule has 2 aromatic heterocycles. The Morgan fingerprint density at radius 1 is 1.26 bits per heavy atom. The van der Waals surface area contributed by atoms with Crippen molar-refractivity contribution in [3.05, 3.63) is 58.0 Å². The second-order valence-electron chi connectivity index (χ2n) is 7.30. The van der Waals surface area contributed by atoms with Crippen molar-refractivity contribution in [2.45, 2.75) is 45.8 Å². The van der Waals surface area contributed by atoms with Gasteiger partial charge in [0.1, 0.15) is 5.60 Å². The SMILES string of the molecule is CCCc1noc(-c2cccc(CN=C(NCC)NCC(C)(O)c3ccsc3)c2)n1.I. The quantitative estimate of drug-likeness (QED) is 0.207. The number of nitrogens with one attached hydrogen (secondary N) is 2. The minimum Gasteiger partial charge on any atom is -0.384 e. The van der Waals surface area contributed by atoms with Crippen LogP contribution < -0.4 is 10.6 Å². The van der Waals surface area contributed by atoms with Gasteiger partial charge in [-0.3, -0.25) is 0 Å². The highest BCUT2D eigenvalue weighted by molar-refractivity contribution is 14.0. The first-order valence-electron chi connectivity index (χ1n) is 10.2. The maximum Gasteiger partial charge on any atom is 0.257 e. The van der Waals surface area contributed by atoms with Crippen LogP contribution in [-0.2, 0) is 18.6 Å². The lowest BCUT2D eigenvalue weighted by Gasteiger charge is -2.24. The third kappa shape index (κ3) is 7.29. The molecular formula is C22H30IN5O2S. The smallest absolute Gasteiger partial charge is 0.257 e. The lowest BCUT2D eigenvalue weighted by atomic mass is 9.99. The summed E-state index contributed by atoms with van der Waals surface area (Å²) in [5.41, 5.74) is 1.84. The number of aliphatic hydroxyl groups is 1. The second kappa shape index (κ2) is 12.2. The summed E-state index contributed by atoms with van der Waals surface area (Å²) in [4.78, 5) is 9.11. The molecule has 0 radical (unpaired) electrons. The molecule has 3 aromatic rings. The van der Waals surface area contributed by atoms with Crippen LogP contribution in [0.3, 0.4) is 0 Å². The Labute approximate surface area is 204 Å². The number of thiophene rings is 1. The normalized spacial score (nSPS) is 13.4. The van der Waals surface area contributed by atoms with E-state index in [0.717, 1.165) is 41.9 Å². The van der Waals surface area contributed by atoms with Crippen LogP contribution in [0.5, 0.6) is 0 Å². The summed E-state index contributed by atoms with van der Waals surface area (Å²) in [5.74, 6) is 1.91. The number of hydrogen-bond acceptors (Lipinski definition) is 6. The monoisotopic (exact) mass is 555 g/mol. The van der Waals surface area contributed by atoms with Gasteiger partial charge in [-0.05, 0) is 60.4 Å². The number of hydrogen-bond donors (Lipinski definition) is 3. The van der Waals surface area contributed by atoms with Crippen molar-refractivity contribution in [1.29, 1.82) is 0 Å². The molecule has 31 heavy (non-hydrogen) atoms. The van der Waals surface area contributed by atoms with Crippen molar-refractivity contribution in [2.75, 3.05) is 13.1 Å². The van der Waals surface area contributed by atoms with E-state index in [1.807, 2.05) is 48.0 Å². The number of aryl methyl sites for hydroxylation is 1. The van der Waals surface area contributed by atoms with Crippen LogP contribution >= 0.6 is 35.3 Å². The van der Waals surface area contributed by atoms with Gasteiger partial charge >= 0.3 is 0 Å². The molecule has 1 aromatic carbocycles.